The summed E-state index contributed by atoms with van der Waals surface area (Å²) in [4.78, 5) is 23.3. The van der Waals surface area contributed by atoms with Crippen LogP contribution < -0.4 is 0 Å². The molecular formula is C20H21N3O2S. The number of aromatic nitrogens is 2. The SMILES string of the molecule is Cc1ncsc1C(=O)N1CCC2(CC1)OCCc1c2[nH]c2ccccc12. The maximum Gasteiger partial charge on any atom is 0.265 e. The van der Waals surface area contributed by atoms with E-state index in [0.29, 0.717) is 13.1 Å². The lowest BCUT2D eigenvalue weighted by molar-refractivity contribution is -0.0957. The van der Waals surface area contributed by atoms with Gasteiger partial charge in [-0.15, -0.1) is 11.3 Å². The molecule has 0 radical (unpaired) electrons. The summed E-state index contributed by atoms with van der Waals surface area (Å²) in [7, 11) is 0. The van der Waals surface area contributed by atoms with Gasteiger partial charge < -0.3 is 14.6 Å². The predicted octanol–water partition coefficient (Wildman–Crippen LogP) is 3.64. The van der Waals surface area contributed by atoms with Gasteiger partial charge in [-0.2, -0.15) is 0 Å². The number of fused-ring (bicyclic) bond motifs is 4. The van der Waals surface area contributed by atoms with Crippen molar-refractivity contribution >= 4 is 28.1 Å². The Kier molecular flexibility index (Phi) is 3.65. The van der Waals surface area contributed by atoms with E-state index in [9.17, 15) is 4.79 Å². The van der Waals surface area contributed by atoms with Crippen LogP contribution in [0.1, 0.15) is 39.5 Å². The molecule has 0 unspecified atom stereocenters. The molecule has 1 fully saturated rings. The van der Waals surface area contributed by atoms with Crippen LogP contribution in [-0.2, 0) is 16.8 Å². The van der Waals surface area contributed by atoms with Gasteiger partial charge in [0.15, 0.2) is 0 Å². The lowest BCUT2D eigenvalue weighted by atomic mass is 9.83. The van der Waals surface area contributed by atoms with Gasteiger partial charge in [0, 0.05) is 24.0 Å². The molecule has 134 valence electrons. The molecule has 1 aromatic carbocycles. The molecule has 1 saturated heterocycles. The summed E-state index contributed by atoms with van der Waals surface area (Å²) in [6.07, 6.45) is 2.61. The third-order valence-electron chi connectivity index (χ3n) is 5.80. The van der Waals surface area contributed by atoms with Crippen molar-refractivity contribution < 1.29 is 9.53 Å². The minimum Gasteiger partial charge on any atom is -0.368 e. The zero-order valence-corrected chi connectivity index (χ0v) is 15.6. The van der Waals surface area contributed by atoms with Crippen LogP contribution in [0.4, 0.5) is 0 Å². The molecule has 6 heteroatoms. The van der Waals surface area contributed by atoms with Gasteiger partial charge in [0.05, 0.1) is 23.5 Å². The van der Waals surface area contributed by atoms with E-state index in [-0.39, 0.29) is 11.5 Å². The monoisotopic (exact) mass is 367 g/mol. The summed E-state index contributed by atoms with van der Waals surface area (Å²) in [6, 6.07) is 8.48. The second-order valence-corrected chi connectivity index (χ2v) is 8.03. The maximum absolute atomic E-state index is 12.8. The fourth-order valence-electron chi connectivity index (χ4n) is 4.39. The summed E-state index contributed by atoms with van der Waals surface area (Å²) in [5.74, 6) is 0.104. The Balaban J connectivity index is 1.43. The number of hydrogen-bond donors (Lipinski definition) is 1. The van der Waals surface area contributed by atoms with Gasteiger partial charge in [-0.05, 0) is 37.8 Å². The van der Waals surface area contributed by atoms with Crippen LogP contribution in [-0.4, -0.2) is 40.5 Å². The smallest absolute Gasteiger partial charge is 0.265 e. The van der Waals surface area contributed by atoms with Crippen LogP contribution in [0.3, 0.4) is 0 Å². The van der Waals surface area contributed by atoms with E-state index < -0.39 is 0 Å². The molecule has 0 aliphatic carbocycles. The topological polar surface area (TPSA) is 58.2 Å². The van der Waals surface area contributed by atoms with Crippen LogP contribution in [0.2, 0.25) is 0 Å². The molecule has 1 spiro atoms. The van der Waals surface area contributed by atoms with Crippen LogP contribution in [0, 0.1) is 6.92 Å². The highest BCUT2D eigenvalue weighted by Crippen LogP contribution is 2.43. The van der Waals surface area contributed by atoms with Crippen molar-refractivity contribution in [2.45, 2.75) is 31.8 Å². The number of benzene rings is 1. The first-order chi connectivity index (χ1) is 12.7. The minimum absolute atomic E-state index is 0.104. The molecule has 0 bridgehead atoms. The van der Waals surface area contributed by atoms with Crippen molar-refractivity contribution in [3.8, 4) is 0 Å². The number of aromatic amines is 1. The van der Waals surface area contributed by atoms with Crippen LogP contribution in [0.25, 0.3) is 10.9 Å². The number of aryl methyl sites for hydroxylation is 1. The van der Waals surface area contributed by atoms with Gasteiger partial charge in [0.2, 0.25) is 0 Å². The summed E-state index contributed by atoms with van der Waals surface area (Å²) >= 11 is 1.43. The summed E-state index contributed by atoms with van der Waals surface area (Å²) in [5, 5.41) is 1.31. The highest BCUT2D eigenvalue weighted by atomic mass is 32.1. The molecule has 2 aliphatic heterocycles. The molecule has 0 saturated carbocycles. The Morgan fingerprint density at radius 1 is 1.31 bits per heavy atom. The number of likely N-dealkylation sites (tertiary alicyclic amines) is 1. The molecule has 2 aliphatic rings. The average Bonchev–Trinajstić information content (AvgIpc) is 3.27. The number of H-pyrrole nitrogens is 1. The first-order valence-corrected chi connectivity index (χ1v) is 9.99. The Morgan fingerprint density at radius 3 is 2.88 bits per heavy atom. The number of carbonyl (C=O) groups excluding carboxylic acids is 1. The Morgan fingerprint density at radius 2 is 2.12 bits per heavy atom. The van der Waals surface area contributed by atoms with E-state index in [1.165, 1.54) is 33.5 Å². The number of nitrogens with zero attached hydrogens (tertiary/aromatic N) is 2. The highest BCUT2D eigenvalue weighted by Gasteiger charge is 2.43. The van der Waals surface area contributed by atoms with E-state index in [1.807, 2.05) is 11.8 Å². The number of rotatable bonds is 1. The molecule has 4 heterocycles. The van der Waals surface area contributed by atoms with E-state index in [4.69, 9.17) is 4.74 Å². The van der Waals surface area contributed by atoms with Crippen molar-refractivity contribution in [3.63, 3.8) is 0 Å². The molecule has 5 nitrogen and oxygen atoms in total. The van der Waals surface area contributed by atoms with E-state index in [2.05, 4.69) is 34.2 Å². The molecule has 1 amide bonds. The van der Waals surface area contributed by atoms with Crippen molar-refractivity contribution in [2.24, 2.45) is 0 Å². The van der Waals surface area contributed by atoms with Gasteiger partial charge >= 0.3 is 0 Å². The van der Waals surface area contributed by atoms with Crippen molar-refractivity contribution in [2.75, 3.05) is 19.7 Å². The Labute approximate surface area is 156 Å². The van der Waals surface area contributed by atoms with Crippen LogP contribution in [0.15, 0.2) is 29.8 Å². The van der Waals surface area contributed by atoms with Gasteiger partial charge in [-0.3, -0.25) is 4.79 Å². The van der Waals surface area contributed by atoms with E-state index >= 15 is 0 Å². The van der Waals surface area contributed by atoms with Gasteiger partial charge in [0.25, 0.3) is 5.91 Å². The van der Waals surface area contributed by atoms with Gasteiger partial charge in [0.1, 0.15) is 10.5 Å². The first-order valence-electron chi connectivity index (χ1n) is 9.11. The molecule has 0 atom stereocenters. The van der Waals surface area contributed by atoms with E-state index in [0.717, 1.165) is 36.4 Å². The average molecular weight is 367 g/mol. The van der Waals surface area contributed by atoms with Crippen LogP contribution in [0.5, 0.6) is 0 Å². The van der Waals surface area contributed by atoms with E-state index in [1.54, 1.807) is 5.51 Å². The quantitative estimate of drug-likeness (QED) is 0.714. The molecule has 1 N–H and O–H groups in total. The number of para-hydroxylation sites is 1. The molecule has 5 rings (SSSR count). The maximum atomic E-state index is 12.8. The largest absolute Gasteiger partial charge is 0.368 e. The summed E-state index contributed by atoms with van der Waals surface area (Å²) in [6.45, 7) is 4.07. The lowest BCUT2D eigenvalue weighted by Gasteiger charge is -2.43. The van der Waals surface area contributed by atoms with Crippen molar-refractivity contribution in [1.29, 1.82) is 0 Å². The Hall–Kier alpha value is -2.18. The molecule has 26 heavy (non-hydrogen) atoms. The second-order valence-electron chi connectivity index (χ2n) is 7.18. The fourth-order valence-corrected chi connectivity index (χ4v) is 5.15. The summed E-state index contributed by atoms with van der Waals surface area (Å²) in [5.41, 5.74) is 6.09. The zero-order chi connectivity index (χ0) is 17.7. The first kappa shape index (κ1) is 16.0. The number of piperidine rings is 1. The van der Waals surface area contributed by atoms with Crippen molar-refractivity contribution in [1.82, 2.24) is 14.9 Å². The van der Waals surface area contributed by atoms with Crippen LogP contribution >= 0.6 is 11.3 Å². The molecule has 3 aromatic rings. The Bertz CT molecular complexity index is 982. The number of amides is 1. The third-order valence-corrected chi connectivity index (χ3v) is 6.71. The predicted molar refractivity (Wildman–Crippen MR) is 102 cm³/mol. The lowest BCUT2D eigenvalue weighted by Crippen LogP contribution is -2.48. The van der Waals surface area contributed by atoms with Crippen molar-refractivity contribution in [3.05, 3.63) is 51.6 Å². The number of nitrogens with one attached hydrogen (secondary N) is 1. The number of thiazole rings is 1. The van der Waals surface area contributed by atoms with Gasteiger partial charge in [-0.25, -0.2) is 4.98 Å². The third kappa shape index (κ3) is 2.32. The number of ether oxygens (including phenoxy) is 1. The number of hydrogen-bond acceptors (Lipinski definition) is 4. The minimum atomic E-state index is -0.286. The molecular weight excluding hydrogens is 346 g/mol. The van der Waals surface area contributed by atoms with Gasteiger partial charge in [-0.1, -0.05) is 18.2 Å². The zero-order valence-electron chi connectivity index (χ0n) is 14.7. The summed E-state index contributed by atoms with van der Waals surface area (Å²) < 4.78 is 6.33. The second kappa shape index (κ2) is 5.93. The highest BCUT2D eigenvalue weighted by molar-refractivity contribution is 7.11. The standard InChI is InChI=1S/C20H21N3O2S/c1-13-17(26-12-21-13)19(24)23-9-7-20(8-10-23)18-15(6-11-25-20)14-4-2-3-5-16(14)22-18/h2-5,12,22H,6-11H2,1H3. The fraction of sp³-hybridized carbons (Fsp3) is 0.400. The molecule has 2 aromatic heterocycles. The normalized spacial score (nSPS) is 19.0. The number of carbonyl (C=O) groups is 1.